The molecule has 0 aliphatic rings. The van der Waals surface area contributed by atoms with Gasteiger partial charge in [0, 0.05) is 13.1 Å². The molecule has 1 aromatic heterocycles. The lowest BCUT2D eigenvalue weighted by atomic mass is 10.1. The van der Waals surface area contributed by atoms with Crippen molar-refractivity contribution in [2.45, 2.75) is 18.4 Å². The van der Waals surface area contributed by atoms with E-state index in [4.69, 9.17) is 0 Å². The number of nitrogens with zero attached hydrogens (tertiary/aromatic N) is 3. The minimum atomic E-state index is -3.91. The van der Waals surface area contributed by atoms with Crippen molar-refractivity contribution in [3.8, 4) is 0 Å². The highest BCUT2D eigenvalue weighted by molar-refractivity contribution is 7.89. The average molecular weight is 416 g/mol. The number of halogens is 1. The third kappa shape index (κ3) is 5.07. The minimum Gasteiger partial charge on any atom is -0.310 e. The van der Waals surface area contributed by atoms with Crippen LogP contribution in [-0.4, -0.2) is 42.0 Å². The second-order valence-electron chi connectivity index (χ2n) is 6.63. The predicted molar refractivity (Wildman–Crippen MR) is 107 cm³/mol. The molecule has 0 aliphatic heterocycles. The van der Waals surface area contributed by atoms with Gasteiger partial charge in [0.25, 0.3) is 0 Å². The highest BCUT2D eigenvalue weighted by atomic mass is 32.2. The number of benzene rings is 2. The fourth-order valence-electron chi connectivity index (χ4n) is 2.80. The van der Waals surface area contributed by atoms with E-state index in [0.717, 1.165) is 39.7 Å². The topological polar surface area (TPSA) is 84.3 Å². The fourth-order valence-corrected chi connectivity index (χ4v) is 3.93. The molecule has 3 aromatic rings. The van der Waals surface area contributed by atoms with E-state index in [0.29, 0.717) is 12.4 Å². The number of amides is 1. The van der Waals surface area contributed by atoms with Crippen molar-refractivity contribution in [3.05, 3.63) is 77.7 Å². The van der Waals surface area contributed by atoms with E-state index in [-0.39, 0.29) is 4.90 Å². The zero-order valence-electron chi connectivity index (χ0n) is 16.0. The number of sulfonamides is 1. The summed E-state index contributed by atoms with van der Waals surface area (Å²) < 4.78 is 40.6. The molecule has 0 bridgehead atoms. The smallest absolute Gasteiger partial charge is 0.243 e. The Hall–Kier alpha value is -3.04. The van der Waals surface area contributed by atoms with E-state index in [1.54, 1.807) is 16.9 Å². The fraction of sp³-hybridized carbons (Fsp3) is 0.200. The molecule has 0 saturated carbocycles. The number of hydrogen-bond donors (Lipinski definition) is 1. The van der Waals surface area contributed by atoms with Crippen molar-refractivity contribution < 1.29 is 17.6 Å². The highest BCUT2D eigenvalue weighted by Crippen LogP contribution is 2.15. The maximum absolute atomic E-state index is 13.0. The minimum absolute atomic E-state index is 0.0845. The molecule has 152 valence electrons. The monoisotopic (exact) mass is 416 g/mol. The number of anilines is 1. The lowest BCUT2D eigenvalue weighted by Crippen LogP contribution is -2.35. The number of aromatic nitrogens is 2. The molecule has 7 nitrogen and oxygen atoms in total. The van der Waals surface area contributed by atoms with Crippen LogP contribution in [0.25, 0.3) is 0 Å². The molecule has 0 aliphatic carbocycles. The predicted octanol–water partition coefficient (Wildman–Crippen LogP) is 2.64. The molecule has 0 spiro atoms. The van der Waals surface area contributed by atoms with Gasteiger partial charge in [-0.1, -0.05) is 29.8 Å². The Morgan fingerprint density at radius 2 is 1.90 bits per heavy atom. The van der Waals surface area contributed by atoms with Crippen molar-refractivity contribution in [2.24, 2.45) is 0 Å². The Kier molecular flexibility index (Phi) is 6.09. The lowest BCUT2D eigenvalue weighted by Gasteiger charge is -2.17. The molecule has 0 unspecified atom stereocenters. The largest absolute Gasteiger partial charge is 0.310 e. The standard InChI is InChI=1S/C20H21FN4O3S/c1-15-4-3-5-16(12-15)13-25-19(10-11-22-25)23-20(26)14-24(2)29(27,28)18-8-6-17(21)7-9-18/h3-12H,13-14H2,1-2H3,(H,23,26). The van der Waals surface area contributed by atoms with Crippen LogP contribution in [-0.2, 0) is 21.4 Å². The first-order valence-corrected chi connectivity index (χ1v) is 10.3. The van der Waals surface area contributed by atoms with Gasteiger partial charge in [-0.15, -0.1) is 0 Å². The maximum Gasteiger partial charge on any atom is 0.243 e. The zero-order valence-corrected chi connectivity index (χ0v) is 16.9. The summed E-state index contributed by atoms with van der Waals surface area (Å²) in [5.41, 5.74) is 2.15. The van der Waals surface area contributed by atoms with Crippen molar-refractivity contribution >= 4 is 21.7 Å². The second kappa shape index (κ2) is 8.54. The summed E-state index contributed by atoms with van der Waals surface area (Å²) in [6, 6.07) is 14.0. The molecule has 0 atom stereocenters. The Labute approximate surface area is 168 Å². The van der Waals surface area contributed by atoms with Gasteiger partial charge in [-0.3, -0.25) is 4.79 Å². The summed E-state index contributed by atoms with van der Waals surface area (Å²) in [4.78, 5) is 12.3. The van der Waals surface area contributed by atoms with Crippen molar-refractivity contribution in [2.75, 3.05) is 18.9 Å². The van der Waals surface area contributed by atoms with E-state index in [9.17, 15) is 17.6 Å². The molecule has 0 fully saturated rings. The summed E-state index contributed by atoms with van der Waals surface area (Å²) in [6.07, 6.45) is 1.56. The second-order valence-corrected chi connectivity index (χ2v) is 8.67. The normalized spacial score (nSPS) is 11.6. The average Bonchev–Trinajstić information content (AvgIpc) is 3.08. The molecule has 1 N–H and O–H groups in total. The van der Waals surface area contributed by atoms with Crippen LogP contribution in [0.2, 0.25) is 0 Å². The molecule has 1 amide bonds. The first-order chi connectivity index (χ1) is 13.8. The number of rotatable bonds is 7. The van der Waals surface area contributed by atoms with Gasteiger partial charge in [-0.05, 0) is 36.8 Å². The Balaban J connectivity index is 1.67. The molecular weight excluding hydrogens is 395 g/mol. The van der Waals surface area contributed by atoms with Gasteiger partial charge >= 0.3 is 0 Å². The summed E-state index contributed by atoms with van der Waals surface area (Å²) in [6.45, 7) is 2.07. The van der Waals surface area contributed by atoms with Gasteiger partial charge in [0.2, 0.25) is 15.9 Å². The summed E-state index contributed by atoms with van der Waals surface area (Å²) in [5.74, 6) is -0.584. The molecule has 0 radical (unpaired) electrons. The van der Waals surface area contributed by atoms with E-state index in [1.165, 1.54) is 7.05 Å². The van der Waals surface area contributed by atoms with Crippen molar-refractivity contribution in [3.63, 3.8) is 0 Å². The Bertz CT molecular complexity index is 1110. The van der Waals surface area contributed by atoms with E-state index < -0.39 is 28.3 Å². The number of hydrogen-bond acceptors (Lipinski definition) is 4. The summed E-state index contributed by atoms with van der Waals surface area (Å²) in [7, 11) is -2.62. The number of likely N-dealkylation sites (N-methyl/N-ethyl adjacent to an activating group) is 1. The van der Waals surface area contributed by atoms with Crippen LogP contribution in [0, 0.1) is 12.7 Å². The SMILES string of the molecule is Cc1cccc(Cn2nccc2NC(=O)CN(C)S(=O)(=O)c2ccc(F)cc2)c1. The van der Waals surface area contributed by atoms with Gasteiger partial charge in [0.1, 0.15) is 11.6 Å². The molecule has 3 rings (SSSR count). The van der Waals surface area contributed by atoms with Crippen LogP contribution in [0.4, 0.5) is 10.2 Å². The van der Waals surface area contributed by atoms with Crippen molar-refractivity contribution in [1.29, 1.82) is 0 Å². The molecule has 2 aromatic carbocycles. The Morgan fingerprint density at radius 3 is 2.59 bits per heavy atom. The van der Waals surface area contributed by atoms with Crippen LogP contribution in [0.15, 0.2) is 65.7 Å². The maximum atomic E-state index is 13.0. The number of nitrogens with one attached hydrogen (secondary N) is 1. The van der Waals surface area contributed by atoms with Gasteiger partial charge in [0.05, 0.1) is 24.2 Å². The first kappa shape index (κ1) is 20.7. The van der Waals surface area contributed by atoms with Gasteiger partial charge in [0.15, 0.2) is 0 Å². The van der Waals surface area contributed by atoms with E-state index >= 15 is 0 Å². The molecule has 9 heteroatoms. The molecule has 29 heavy (non-hydrogen) atoms. The molecule has 0 saturated heterocycles. The van der Waals surface area contributed by atoms with Gasteiger partial charge in [-0.2, -0.15) is 9.40 Å². The summed E-state index contributed by atoms with van der Waals surface area (Å²) >= 11 is 0. The first-order valence-electron chi connectivity index (χ1n) is 8.85. The molecule has 1 heterocycles. The van der Waals surface area contributed by atoms with E-state index in [2.05, 4.69) is 10.4 Å². The van der Waals surface area contributed by atoms with Crippen molar-refractivity contribution in [1.82, 2.24) is 14.1 Å². The highest BCUT2D eigenvalue weighted by Gasteiger charge is 2.23. The lowest BCUT2D eigenvalue weighted by molar-refractivity contribution is -0.116. The number of carbonyl (C=O) groups is 1. The van der Waals surface area contributed by atoms with Crippen LogP contribution in [0.3, 0.4) is 0 Å². The quantitative estimate of drug-likeness (QED) is 0.642. The van der Waals surface area contributed by atoms with Crippen LogP contribution >= 0.6 is 0 Å². The van der Waals surface area contributed by atoms with Gasteiger partial charge < -0.3 is 5.32 Å². The summed E-state index contributed by atoms with van der Waals surface area (Å²) in [5, 5.41) is 6.90. The number of carbonyl (C=O) groups excluding carboxylic acids is 1. The molecular formula is C20H21FN4O3S. The van der Waals surface area contributed by atoms with E-state index in [1.807, 2.05) is 31.2 Å². The van der Waals surface area contributed by atoms with Crippen LogP contribution in [0.5, 0.6) is 0 Å². The van der Waals surface area contributed by atoms with Crippen LogP contribution < -0.4 is 5.32 Å². The van der Waals surface area contributed by atoms with Gasteiger partial charge in [-0.25, -0.2) is 17.5 Å². The number of aryl methyl sites for hydroxylation is 1. The Morgan fingerprint density at radius 1 is 1.17 bits per heavy atom. The van der Waals surface area contributed by atoms with Crippen LogP contribution in [0.1, 0.15) is 11.1 Å². The third-order valence-electron chi connectivity index (χ3n) is 4.29. The zero-order chi connectivity index (χ0) is 21.0. The third-order valence-corrected chi connectivity index (χ3v) is 6.10.